The number of carbonyl (C=O) groups excluding carboxylic acids is 1. The number of unbranched alkanes of at least 4 members (excludes halogenated alkanes) is 18. The van der Waals surface area contributed by atoms with Crippen LogP contribution in [0.3, 0.4) is 0 Å². The third-order valence-electron chi connectivity index (χ3n) is 7.24. The van der Waals surface area contributed by atoms with Gasteiger partial charge in [0, 0.05) is 5.56 Å². The van der Waals surface area contributed by atoms with Crippen molar-refractivity contribution in [1.82, 2.24) is 0 Å². The first-order chi connectivity index (χ1) is 20.1. The van der Waals surface area contributed by atoms with Crippen molar-refractivity contribution >= 4 is 14.1 Å². The number of benzene rings is 1. The molecule has 6 nitrogen and oxygen atoms in total. The van der Waals surface area contributed by atoms with Gasteiger partial charge in [-0.25, -0.2) is 4.57 Å². The Morgan fingerprint density at radius 1 is 0.610 bits per heavy atom. The van der Waals surface area contributed by atoms with E-state index in [2.05, 4.69) is 19.1 Å². The molecule has 0 aliphatic heterocycles. The molecule has 0 aliphatic carbocycles. The first-order valence-electron chi connectivity index (χ1n) is 16.5. The summed E-state index contributed by atoms with van der Waals surface area (Å²) < 4.78 is 28.0. The summed E-state index contributed by atoms with van der Waals surface area (Å²) in [7, 11) is -3.92. The van der Waals surface area contributed by atoms with Gasteiger partial charge < -0.3 is 9.63 Å². The molecule has 0 heterocycles. The van der Waals surface area contributed by atoms with Gasteiger partial charge in [0.15, 0.2) is 0 Å². The lowest BCUT2D eigenvalue weighted by molar-refractivity contribution is 0.112. The minimum absolute atomic E-state index is 0.269. The number of hydrogen-bond acceptors (Lipinski definition) is 5. The van der Waals surface area contributed by atoms with Crippen molar-refractivity contribution in [3.63, 3.8) is 0 Å². The number of ether oxygens (including phenoxy) is 1. The molecule has 1 aromatic carbocycles. The summed E-state index contributed by atoms with van der Waals surface area (Å²) in [5, 5.41) is 0. The van der Waals surface area contributed by atoms with E-state index in [9.17, 15) is 14.3 Å². The van der Waals surface area contributed by atoms with Crippen LogP contribution in [0.2, 0.25) is 0 Å². The number of rotatable bonds is 30. The summed E-state index contributed by atoms with van der Waals surface area (Å²) in [6.07, 6.45) is 29.9. The van der Waals surface area contributed by atoms with Gasteiger partial charge in [-0.2, -0.15) is 0 Å². The van der Waals surface area contributed by atoms with Crippen LogP contribution in [-0.4, -0.2) is 31.0 Å². The molecule has 0 spiro atoms. The van der Waals surface area contributed by atoms with Gasteiger partial charge in [-0.15, -0.1) is 0 Å². The Bertz CT molecular complexity index is 795. The van der Waals surface area contributed by atoms with E-state index in [4.69, 9.17) is 13.8 Å². The second-order valence-corrected chi connectivity index (χ2v) is 12.5. The molecule has 0 bridgehead atoms. The number of phosphoric acid groups is 1. The average molecular weight is 595 g/mol. The molecule has 41 heavy (non-hydrogen) atoms. The van der Waals surface area contributed by atoms with Gasteiger partial charge in [-0.3, -0.25) is 13.8 Å². The van der Waals surface area contributed by atoms with Crippen molar-refractivity contribution in [1.29, 1.82) is 0 Å². The fourth-order valence-corrected chi connectivity index (χ4v) is 5.46. The van der Waals surface area contributed by atoms with Crippen LogP contribution in [0.4, 0.5) is 0 Å². The van der Waals surface area contributed by atoms with E-state index in [1.54, 1.807) is 12.1 Å². The molecule has 1 aromatic rings. The van der Waals surface area contributed by atoms with E-state index >= 15 is 0 Å². The molecule has 1 unspecified atom stereocenters. The predicted molar refractivity (Wildman–Crippen MR) is 171 cm³/mol. The number of hydrogen-bond donors (Lipinski definition) is 1. The normalized spacial score (nSPS) is 13.0. The Morgan fingerprint density at radius 2 is 1.02 bits per heavy atom. The molecule has 0 amide bonds. The molecule has 7 heteroatoms. The SMILES string of the molecule is CCCCCCCC/C=C/CCCCCCCOP(=O)(O)OCCCCCCCCCCOc1ccc(C=O)cc1. The molecule has 0 fully saturated rings. The highest BCUT2D eigenvalue weighted by Gasteiger charge is 2.19. The molecule has 0 saturated heterocycles. The lowest BCUT2D eigenvalue weighted by atomic mass is 10.1. The van der Waals surface area contributed by atoms with E-state index in [1.165, 1.54) is 70.6 Å². The first kappa shape index (κ1) is 37.6. The second kappa shape index (κ2) is 27.4. The Labute approximate surface area is 251 Å². The minimum Gasteiger partial charge on any atom is -0.494 e. The van der Waals surface area contributed by atoms with Gasteiger partial charge in [-0.1, -0.05) is 109 Å². The smallest absolute Gasteiger partial charge is 0.472 e. The minimum atomic E-state index is -3.92. The maximum absolute atomic E-state index is 12.0. The van der Waals surface area contributed by atoms with Gasteiger partial charge in [-0.05, 0) is 69.2 Å². The Balaban J connectivity index is 1.81. The van der Waals surface area contributed by atoms with Crippen molar-refractivity contribution in [3.05, 3.63) is 42.0 Å². The van der Waals surface area contributed by atoms with E-state index in [0.29, 0.717) is 12.2 Å². The fraction of sp³-hybridized carbons (Fsp3) is 0.735. The van der Waals surface area contributed by atoms with Crippen LogP contribution in [0.1, 0.15) is 152 Å². The zero-order valence-electron chi connectivity index (χ0n) is 25.9. The van der Waals surface area contributed by atoms with Crippen molar-refractivity contribution in [2.75, 3.05) is 19.8 Å². The topological polar surface area (TPSA) is 82.1 Å². The molecule has 1 atom stereocenters. The monoisotopic (exact) mass is 594 g/mol. The van der Waals surface area contributed by atoms with Crippen LogP contribution >= 0.6 is 7.82 Å². The van der Waals surface area contributed by atoms with Crippen molar-refractivity contribution in [2.45, 2.75) is 142 Å². The lowest BCUT2D eigenvalue weighted by Crippen LogP contribution is -1.99. The summed E-state index contributed by atoms with van der Waals surface area (Å²) >= 11 is 0. The average Bonchev–Trinajstić information content (AvgIpc) is 2.97. The summed E-state index contributed by atoms with van der Waals surface area (Å²) in [4.78, 5) is 20.5. The number of aldehydes is 1. The summed E-state index contributed by atoms with van der Waals surface area (Å²) in [6, 6.07) is 7.19. The van der Waals surface area contributed by atoms with Crippen LogP contribution in [0, 0.1) is 0 Å². The molecule has 236 valence electrons. The largest absolute Gasteiger partial charge is 0.494 e. The standard InChI is InChI=1S/C34H59O6P/c1-2-3-4-5-6-7-8-9-10-11-12-13-17-20-23-30-39-41(36,37)40-31-24-21-18-15-14-16-19-22-29-38-34-27-25-33(32-35)26-28-34/h9-10,25-28,32H,2-8,11-24,29-31H2,1H3,(H,36,37)/b10-9+. The molecule has 1 rings (SSSR count). The van der Waals surface area contributed by atoms with E-state index in [0.717, 1.165) is 76.2 Å². The molecular weight excluding hydrogens is 535 g/mol. The van der Waals surface area contributed by atoms with Crippen molar-refractivity contribution in [2.24, 2.45) is 0 Å². The summed E-state index contributed by atoms with van der Waals surface area (Å²) in [6.45, 7) is 3.50. The maximum Gasteiger partial charge on any atom is 0.472 e. The Morgan fingerprint density at radius 3 is 1.49 bits per heavy atom. The Kier molecular flexibility index (Phi) is 25.1. The Hall–Kier alpha value is -1.46. The van der Waals surface area contributed by atoms with Crippen LogP contribution in [0.5, 0.6) is 5.75 Å². The van der Waals surface area contributed by atoms with Gasteiger partial charge in [0.25, 0.3) is 0 Å². The molecule has 1 N–H and O–H groups in total. The predicted octanol–water partition coefficient (Wildman–Crippen LogP) is 10.8. The second-order valence-electron chi connectivity index (χ2n) is 11.1. The van der Waals surface area contributed by atoms with Crippen LogP contribution in [0.25, 0.3) is 0 Å². The number of phosphoric ester groups is 1. The van der Waals surface area contributed by atoms with E-state index in [1.807, 2.05) is 12.1 Å². The zero-order valence-corrected chi connectivity index (χ0v) is 26.8. The van der Waals surface area contributed by atoms with Crippen LogP contribution < -0.4 is 4.74 Å². The van der Waals surface area contributed by atoms with E-state index in [-0.39, 0.29) is 13.2 Å². The van der Waals surface area contributed by atoms with Crippen molar-refractivity contribution < 1.29 is 28.0 Å². The third kappa shape index (κ3) is 24.8. The third-order valence-corrected chi connectivity index (χ3v) is 8.26. The molecule has 0 aliphatic rings. The highest BCUT2D eigenvalue weighted by Crippen LogP contribution is 2.43. The first-order valence-corrected chi connectivity index (χ1v) is 18.0. The maximum atomic E-state index is 12.0. The highest BCUT2D eigenvalue weighted by atomic mass is 31.2. The lowest BCUT2D eigenvalue weighted by Gasteiger charge is -2.12. The van der Waals surface area contributed by atoms with Gasteiger partial charge in [0.05, 0.1) is 19.8 Å². The zero-order chi connectivity index (χ0) is 29.7. The summed E-state index contributed by atoms with van der Waals surface area (Å²) in [5.74, 6) is 0.804. The van der Waals surface area contributed by atoms with Gasteiger partial charge >= 0.3 is 7.82 Å². The van der Waals surface area contributed by atoms with Gasteiger partial charge in [0.1, 0.15) is 12.0 Å². The van der Waals surface area contributed by atoms with Crippen LogP contribution in [0.15, 0.2) is 36.4 Å². The summed E-state index contributed by atoms with van der Waals surface area (Å²) in [5.41, 5.74) is 0.659. The van der Waals surface area contributed by atoms with Crippen molar-refractivity contribution in [3.8, 4) is 5.75 Å². The highest BCUT2D eigenvalue weighted by molar-refractivity contribution is 7.47. The molecule has 0 aromatic heterocycles. The quantitative estimate of drug-likeness (QED) is 0.0413. The molecule has 0 radical (unpaired) electrons. The molecular formula is C34H59O6P. The van der Waals surface area contributed by atoms with Gasteiger partial charge in [0.2, 0.25) is 0 Å². The number of carbonyl (C=O) groups is 1. The van der Waals surface area contributed by atoms with E-state index < -0.39 is 7.82 Å². The van der Waals surface area contributed by atoms with Crippen LogP contribution in [-0.2, 0) is 13.6 Å². The fourth-order valence-electron chi connectivity index (χ4n) is 4.67. The number of allylic oxidation sites excluding steroid dienone is 2. The molecule has 0 saturated carbocycles.